The summed E-state index contributed by atoms with van der Waals surface area (Å²) in [6, 6.07) is 13.8. The molecule has 17 heavy (non-hydrogen) atoms. The van der Waals surface area contributed by atoms with Gasteiger partial charge in [-0.2, -0.15) is 0 Å². The van der Waals surface area contributed by atoms with Gasteiger partial charge in [0.05, 0.1) is 12.6 Å². The highest BCUT2D eigenvalue weighted by molar-refractivity contribution is 6.05. The summed E-state index contributed by atoms with van der Waals surface area (Å²) in [5, 5.41) is 3.13. The molecule has 1 heterocycles. The predicted molar refractivity (Wildman–Crippen MR) is 68.6 cm³/mol. The molecular formula is C14H11NO2. The third kappa shape index (κ3) is 1.47. The van der Waals surface area contributed by atoms with Gasteiger partial charge in [0.15, 0.2) is 5.75 Å². The quantitative estimate of drug-likeness (QED) is 0.647. The topological polar surface area (TPSA) is 42.1 Å². The molecule has 3 rings (SSSR count). The lowest BCUT2D eigenvalue weighted by Gasteiger charge is -2.05. The van der Waals surface area contributed by atoms with Crippen LogP contribution in [0.1, 0.15) is 0 Å². The van der Waals surface area contributed by atoms with E-state index in [1.54, 1.807) is 6.07 Å². The number of hydrogen-bond donors (Lipinski definition) is 1. The van der Waals surface area contributed by atoms with Crippen molar-refractivity contribution in [2.24, 2.45) is 0 Å². The van der Waals surface area contributed by atoms with Crippen molar-refractivity contribution >= 4 is 21.7 Å². The van der Waals surface area contributed by atoms with E-state index in [9.17, 15) is 4.79 Å². The van der Waals surface area contributed by atoms with Crippen molar-refractivity contribution in [1.82, 2.24) is 4.98 Å². The van der Waals surface area contributed by atoms with Crippen LogP contribution < -0.4 is 10.3 Å². The second kappa shape index (κ2) is 3.63. The summed E-state index contributed by atoms with van der Waals surface area (Å²) >= 11 is 0. The monoisotopic (exact) mass is 225 g/mol. The van der Waals surface area contributed by atoms with Gasteiger partial charge in [-0.3, -0.25) is 4.79 Å². The van der Waals surface area contributed by atoms with E-state index >= 15 is 0 Å². The van der Waals surface area contributed by atoms with Crippen molar-refractivity contribution in [1.29, 1.82) is 0 Å². The van der Waals surface area contributed by atoms with E-state index in [2.05, 4.69) is 4.98 Å². The Labute approximate surface area is 97.7 Å². The number of aromatic nitrogens is 1. The number of pyridine rings is 1. The second-order valence-electron chi connectivity index (χ2n) is 3.92. The van der Waals surface area contributed by atoms with Crippen LogP contribution in [0.15, 0.2) is 47.3 Å². The summed E-state index contributed by atoms with van der Waals surface area (Å²) in [4.78, 5) is 14.6. The van der Waals surface area contributed by atoms with E-state index < -0.39 is 0 Å². The summed E-state index contributed by atoms with van der Waals surface area (Å²) in [5.74, 6) is 0.341. The van der Waals surface area contributed by atoms with Crippen molar-refractivity contribution in [2.45, 2.75) is 0 Å². The minimum Gasteiger partial charge on any atom is -0.491 e. The fourth-order valence-electron chi connectivity index (χ4n) is 2.08. The maximum Gasteiger partial charge on any atom is 0.290 e. The van der Waals surface area contributed by atoms with Gasteiger partial charge in [0, 0.05) is 10.8 Å². The zero-order valence-electron chi connectivity index (χ0n) is 9.36. The molecule has 0 atom stereocenters. The Morgan fingerprint density at radius 3 is 2.65 bits per heavy atom. The highest BCUT2D eigenvalue weighted by Crippen LogP contribution is 2.24. The average Bonchev–Trinajstić information content (AvgIpc) is 2.38. The number of methoxy groups -OCH3 is 1. The number of nitrogens with one attached hydrogen (secondary N) is 1. The molecule has 0 bridgehead atoms. The lowest BCUT2D eigenvalue weighted by atomic mass is 10.1. The molecule has 0 saturated heterocycles. The van der Waals surface area contributed by atoms with Crippen LogP contribution in [0.25, 0.3) is 21.7 Å². The maximum atomic E-state index is 11.7. The molecule has 0 spiro atoms. The van der Waals surface area contributed by atoms with Gasteiger partial charge in [0.1, 0.15) is 0 Å². The Kier molecular flexibility index (Phi) is 2.11. The van der Waals surface area contributed by atoms with E-state index in [0.29, 0.717) is 5.75 Å². The third-order valence-corrected chi connectivity index (χ3v) is 2.93. The second-order valence-corrected chi connectivity index (χ2v) is 3.92. The first-order valence-corrected chi connectivity index (χ1v) is 5.38. The summed E-state index contributed by atoms with van der Waals surface area (Å²) in [7, 11) is 1.50. The Morgan fingerprint density at radius 1 is 1.06 bits per heavy atom. The predicted octanol–water partition coefficient (Wildman–Crippen LogP) is 2.69. The molecule has 0 unspecified atom stereocenters. The molecule has 0 fully saturated rings. The van der Waals surface area contributed by atoms with Crippen LogP contribution in [0, 0.1) is 0 Å². The largest absolute Gasteiger partial charge is 0.491 e. The van der Waals surface area contributed by atoms with Crippen LogP contribution in [0.3, 0.4) is 0 Å². The van der Waals surface area contributed by atoms with Gasteiger partial charge in [-0.15, -0.1) is 0 Å². The van der Waals surface area contributed by atoms with Gasteiger partial charge < -0.3 is 9.72 Å². The number of H-pyrrole nitrogens is 1. The first-order valence-electron chi connectivity index (χ1n) is 5.38. The average molecular weight is 225 g/mol. The summed E-state index contributed by atoms with van der Waals surface area (Å²) in [6.45, 7) is 0. The molecule has 1 aromatic heterocycles. The van der Waals surface area contributed by atoms with Crippen LogP contribution in [-0.4, -0.2) is 12.1 Å². The van der Waals surface area contributed by atoms with Crippen molar-refractivity contribution in [3.63, 3.8) is 0 Å². The number of fused-ring (bicyclic) bond motifs is 3. The van der Waals surface area contributed by atoms with E-state index in [-0.39, 0.29) is 5.56 Å². The van der Waals surface area contributed by atoms with Crippen molar-refractivity contribution < 1.29 is 4.74 Å². The lowest BCUT2D eigenvalue weighted by molar-refractivity contribution is 0.409. The van der Waals surface area contributed by atoms with E-state index in [4.69, 9.17) is 4.74 Å². The van der Waals surface area contributed by atoms with Gasteiger partial charge in [0.2, 0.25) is 0 Å². The molecule has 0 radical (unpaired) electrons. The van der Waals surface area contributed by atoms with Gasteiger partial charge in [-0.05, 0) is 11.5 Å². The summed E-state index contributed by atoms with van der Waals surface area (Å²) in [6.07, 6.45) is 0. The Hall–Kier alpha value is -2.29. The van der Waals surface area contributed by atoms with Gasteiger partial charge in [0.25, 0.3) is 5.56 Å². The number of ether oxygens (including phenoxy) is 1. The third-order valence-electron chi connectivity index (χ3n) is 2.93. The molecule has 1 N–H and O–H groups in total. The molecule has 0 saturated carbocycles. The SMILES string of the molecule is COc1cc2ccc3ccccc3c2[nH]c1=O. The molecule has 2 aromatic carbocycles. The Bertz CT molecular complexity index is 759. The first kappa shape index (κ1) is 9.90. The fraction of sp³-hybridized carbons (Fsp3) is 0.0714. The van der Waals surface area contributed by atoms with Crippen molar-refractivity contribution in [2.75, 3.05) is 7.11 Å². The number of benzene rings is 2. The fourth-order valence-corrected chi connectivity index (χ4v) is 2.08. The zero-order valence-corrected chi connectivity index (χ0v) is 9.36. The highest BCUT2D eigenvalue weighted by Gasteiger charge is 2.05. The van der Waals surface area contributed by atoms with Crippen molar-refractivity contribution in [3.05, 3.63) is 52.8 Å². The smallest absolute Gasteiger partial charge is 0.290 e. The molecule has 3 nitrogen and oxygen atoms in total. The lowest BCUT2D eigenvalue weighted by Crippen LogP contribution is -2.08. The molecule has 84 valence electrons. The molecular weight excluding hydrogens is 214 g/mol. The normalized spacial score (nSPS) is 10.9. The van der Waals surface area contributed by atoms with Crippen molar-refractivity contribution in [3.8, 4) is 5.75 Å². The molecule has 3 aromatic rings. The molecule has 0 aliphatic rings. The van der Waals surface area contributed by atoms with E-state index in [0.717, 1.165) is 21.7 Å². The first-order chi connectivity index (χ1) is 8.29. The maximum absolute atomic E-state index is 11.7. The van der Waals surface area contributed by atoms with Gasteiger partial charge >= 0.3 is 0 Å². The number of rotatable bonds is 1. The van der Waals surface area contributed by atoms with Crippen LogP contribution in [-0.2, 0) is 0 Å². The zero-order chi connectivity index (χ0) is 11.8. The molecule has 3 heteroatoms. The number of hydrogen-bond acceptors (Lipinski definition) is 2. The Balaban J connectivity index is 2.51. The Morgan fingerprint density at radius 2 is 1.82 bits per heavy atom. The van der Waals surface area contributed by atoms with Crippen LogP contribution >= 0.6 is 0 Å². The number of aromatic amines is 1. The summed E-state index contributed by atoms with van der Waals surface area (Å²) in [5.41, 5.74) is 0.658. The van der Waals surface area contributed by atoms with Gasteiger partial charge in [-0.25, -0.2) is 0 Å². The van der Waals surface area contributed by atoms with Crippen LogP contribution in [0.4, 0.5) is 0 Å². The molecule has 0 aliphatic heterocycles. The van der Waals surface area contributed by atoms with Gasteiger partial charge in [-0.1, -0.05) is 36.4 Å². The van der Waals surface area contributed by atoms with Crippen LogP contribution in [0.5, 0.6) is 5.75 Å². The minimum absolute atomic E-state index is 0.198. The molecule has 0 aliphatic carbocycles. The van der Waals surface area contributed by atoms with Crippen LogP contribution in [0.2, 0.25) is 0 Å². The van der Waals surface area contributed by atoms with E-state index in [1.165, 1.54) is 7.11 Å². The van der Waals surface area contributed by atoms with E-state index in [1.807, 2.05) is 36.4 Å². The molecule has 0 amide bonds. The minimum atomic E-state index is -0.198. The standard InChI is InChI=1S/C14H11NO2/c1-17-12-8-10-7-6-9-4-2-3-5-11(9)13(10)15-14(12)16/h2-8H,1H3,(H,15,16). The highest BCUT2D eigenvalue weighted by atomic mass is 16.5. The summed E-state index contributed by atoms with van der Waals surface area (Å²) < 4.78 is 5.02.